The predicted octanol–water partition coefficient (Wildman–Crippen LogP) is 1.74. The standard InChI is InChI=1S/C10H10BrClN2O2/c11-7-3-1-2-4-8(7)14-10(16)6-13-9(15)5-12/h1-4H,5-6H2,(H,13,15)(H,14,16). The summed E-state index contributed by atoms with van der Waals surface area (Å²) in [5.41, 5.74) is 0.660. The van der Waals surface area contributed by atoms with E-state index in [4.69, 9.17) is 11.6 Å². The molecule has 86 valence electrons. The number of hydrogen-bond donors (Lipinski definition) is 2. The molecule has 0 atom stereocenters. The summed E-state index contributed by atoms with van der Waals surface area (Å²) in [4.78, 5) is 22.2. The fourth-order valence-corrected chi connectivity index (χ4v) is 1.46. The zero-order chi connectivity index (χ0) is 12.0. The third-order valence-corrected chi connectivity index (χ3v) is 2.65. The summed E-state index contributed by atoms with van der Waals surface area (Å²) in [5.74, 6) is -0.822. The van der Waals surface area contributed by atoms with Gasteiger partial charge in [0.15, 0.2) is 0 Å². The fraction of sp³-hybridized carbons (Fsp3) is 0.200. The maximum atomic E-state index is 11.4. The third kappa shape index (κ3) is 4.20. The Bertz CT molecular complexity index is 398. The fourth-order valence-electron chi connectivity index (χ4n) is 0.983. The van der Waals surface area contributed by atoms with Crippen molar-refractivity contribution in [2.24, 2.45) is 0 Å². The van der Waals surface area contributed by atoms with Crippen LogP contribution in [0.4, 0.5) is 5.69 Å². The molecule has 0 saturated carbocycles. The molecule has 0 spiro atoms. The molecule has 0 aliphatic heterocycles. The first kappa shape index (κ1) is 13.0. The lowest BCUT2D eigenvalue weighted by Crippen LogP contribution is -2.33. The molecule has 0 heterocycles. The molecular formula is C10H10BrClN2O2. The Morgan fingerprint density at radius 1 is 1.25 bits per heavy atom. The van der Waals surface area contributed by atoms with E-state index in [9.17, 15) is 9.59 Å². The van der Waals surface area contributed by atoms with Crippen LogP contribution >= 0.6 is 27.5 Å². The van der Waals surface area contributed by atoms with Gasteiger partial charge in [0.1, 0.15) is 5.88 Å². The second-order valence-electron chi connectivity index (χ2n) is 2.94. The molecule has 0 fully saturated rings. The minimum atomic E-state index is -0.371. The van der Waals surface area contributed by atoms with Crippen molar-refractivity contribution in [3.8, 4) is 0 Å². The minimum absolute atomic E-state index is 0.0904. The van der Waals surface area contributed by atoms with E-state index in [1.165, 1.54) is 0 Å². The molecule has 0 aromatic heterocycles. The highest BCUT2D eigenvalue weighted by atomic mass is 79.9. The quantitative estimate of drug-likeness (QED) is 0.833. The van der Waals surface area contributed by atoms with Crippen LogP contribution in [0.1, 0.15) is 0 Å². The van der Waals surface area contributed by atoms with Gasteiger partial charge < -0.3 is 10.6 Å². The number of benzene rings is 1. The number of alkyl halides is 1. The van der Waals surface area contributed by atoms with Gasteiger partial charge in [-0.25, -0.2) is 0 Å². The Morgan fingerprint density at radius 3 is 2.56 bits per heavy atom. The van der Waals surface area contributed by atoms with Crippen LogP contribution in [0.5, 0.6) is 0 Å². The lowest BCUT2D eigenvalue weighted by Gasteiger charge is -2.07. The van der Waals surface area contributed by atoms with Gasteiger partial charge in [-0.3, -0.25) is 9.59 Å². The molecule has 4 nitrogen and oxygen atoms in total. The van der Waals surface area contributed by atoms with Gasteiger partial charge in [0.05, 0.1) is 12.2 Å². The van der Waals surface area contributed by atoms with Crippen LogP contribution in [0.2, 0.25) is 0 Å². The molecule has 2 N–H and O–H groups in total. The first-order valence-corrected chi connectivity index (χ1v) is 5.83. The normalized spacial score (nSPS) is 9.62. The van der Waals surface area contributed by atoms with Gasteiger partial charge in [-0.15, -0.1) is 11.6 Å². The Labute approximate surface area is 106 Å². The third-order valence-electron chi connectivity index (χ3n) is 1.72. The second-order valence-corrected chi connectivity index (χ2v) is 4.06. The number of anilines is 1. The molecule has 1 aromatic rings. The van der Waals surface area contributed by atoms with Crippen LogP contribution in [-0.4, -0.2) is 24.2 Å². The molecule has 0 saturated heterocycles. The molecule has 1 aromatic carbocycles. The van der Waals surface area contributed by atoms with Gasteiger partial charge in [-0.1, -0.05) is 12.1 Å². The summed E-state index contributed by atoms with van der Waals surface area (Å²) >= 11 is 8.56. The minimum Gasteiger partial charge on any atom is -0.346 e. The van der Waals surface area contributed by atoms with Crippen molar-refractivity contribution in [1.82, 2.24) is 5.32 Å². The smallest absolute Gasteiger partial charge is 0.243 e. The lowest BCUT2D eigenvalue weighted by atomic mass is 10.3. The number of hydrogen-bond acceptors (Lipinski definition) is 2. The Hall–Kier alpha value is -1.07. The Balaban J connectivity index is 2.46. The molecule has 0 bridgehead atoms. The van der Waals surface area contributed by atoms with Crippen LogP contribution in [0.25, 0.3) is 0 Å². The number of carbonyl (C=O) groups excluding carboxylic acids is 2. The molecule has 16 heavy (non-hydrogen) atoms. The van der Waals surface area contributed by atoms with Crippen LogP contribution in [0.15, 0.2) is 28.7 Å². The average molecular weight is 306 g/mol. The van der Waals surface area contributed by atoms with Gasteiger partial charge >= 0.3 is 0 Å². The van der Waals surface area contributed by atoms with Crippen molar-refractivity contribution < 1.29 is 9.59 Å². The van der Waals surface area contributed by atoms with Crippen molar-refractivity contribution in [2.45, 2.75) is 0 Å². The topological polar surface area (TPSA) is 58.2 Å². The van der Waals surface area contributed by atoms with E-state index in [0.717, 1.165) is 4.47 Å². The number of carbonyl (C=O) groups is 2. The van der Waals surface area contributed by atoms with E-state index in [0.29, 0.717) is 5.69 Å². The van der Waals surface area contributed by atoms with E-state index in [1.54, 1.807) is 12.1 Å². The maximum Gasteiger partial charge on any atom is 0.243 e. The largest absolute Gasteiger partial charge is 0.346 e. The van der Waals surface area contributed by atoms with Crippen LogP contribution in [0, 0.1) is 0 Å². The number of amides is 2. The van der Waals surface area contributed by atoms with Crippen molar-refractivity contribution in [1.29, 1.82) is 0 Å². The highest BCUT2D eigenvalue weighted by Crippen LogP contribution is 2.20. The van der Waals surface area contributed by atoms with E-state index < -0.39 is 0 Å². The van der Waals surface area contributed by atoms with E-state index in [-0.39, 0.29) is 24.2 Å². The summed E-state index contributed by atoms with van der Waals surface area (Å²) in [6.07, 6.45) is 0. The van der Waals surface area contributed by atoms with Crippen molar-refractivity contribution in [3.63, 3.8) is 0 Å². The molecule has 0 radical (unpaired) electrons. The highest BCUT2D eigenvalue weighted by Gasteiger charge is 2.06. The average Bonchev–Trinajstić information content (AvgIpc) is 2.29. The molecule has 0 aliphatic rings. The monoisotopic (exact) mass is 304 g/mol. The first-order valence-electron chi connectivity index (χ1n) is 4.50. The van der Waals surface area contributed by atoms with E-state index in [1.807, 2.05) is 12.1 Å². The molecule has 1 rings (SSSR count). The molecule has 2 amide bonds. The Morgan fingerprint density at radius 2 is 1.94 bits per heavy atom. The van der Waals surface area contributed by atoms with Crippen LogP contribution in [0.3, 0.4) is 0 Å². The van der Waals surface area contributed by atoms with Crippen molar-refractivity contribution in [3.05, 3.63) is 28.7 Å². The zero-order valence-corrected chi connectivity index (χ0v) is 10.6. The predicted molar refractivity (Wildman–Crippen MR) is 66.5 cm³/mol. The lowest BCUT2D eigenvalue weighted by molar-refractivity contribution is -0.122. The molecular weight excluding hydrogens is 295 g/mol. The Kier molecular flexibility index (Phi) is 5.28. The maximum absolute atomic E-state index is 11.4. The summed E-state index contributed by atoms with van der Waals surface area (Å²) in [7, 11) is 0. The van der Waals surface area contributed by atoms with E-state index >= 15 is 0 Å². The SMILES string of the molecule is O=C(CCl)NCC(=O)Nc1ccccc1Br. The van der Waals surface area contributed by atoms with Crippen LogP contribution < -0.4 is 10.6 Å². The van der Waals surface area contributed by atoms with Gasteiger partial charge in [0.2, 0.25) is 11.8 Å². The molecule has 6 heteroatoms. The van der Waals surface area contributed by atoms with Gasteiger partial charge in [0, 0.05) is 4.47 Å². The van der Waals surface area contributed by atoms with Crippen LogP contribution in [-0.2, 0) is 9.59 Å². The number of nitrogens with one attached hydrogen (secondary N) is 2. The molecule has 0 aliphatic carbocycles. The summed E-state index contributed by atoms with van der Waals surface area (Å²) in [5, 5.41) is 5.02. The summed E-state index contributed by atoms with van der Waals surface area (Å²) in [6, 6.07) is 7.21. The number of halogens is 2. The number of para-hydroxylation sites is 1. The first-order chi connectivity index (χ1) is 7.63. The molecule has 0 unspecified atom stereocenters. The van der Waals surface area contributed by atoms with Crippen molar-refractivity contribution >= 4 is 45.0 Å². The second kappa shape index (κ2) is 6.50. The van der Waals surface area contributed by atoms with Crippen molar-refractivity contribution in [2.75, 3.05) is 17.7 Å². The highest BCUT2D eigenvalue weighted by molar-refractivity contribution is 9.10. The van der Waals surface area contributed by atoms with Gasteiger partial charge in [-0.2, -0.15) is 0 Å². The van der Waals surface area contributed by atoms with Gasteiger partial charge in [0.25, 0.3) is 0 Å². The van der Waals surface area contributed by atoms with Gasteiger partial charge in [-0.05, 0) is 28.1 Å². The van der Waals surface area contributed by atoms with E-state index in [2.05, 4.69) is 26.6 Å². The summed E-state index contributed by atoms with van der Waals surface area (Å²) in [6.45, 7) is -0.0904. The zero-order valence-electron chi connectivity index (χ0n) is 8.30. The summed E-state index contributed by atoms with van der Waals surface area (Å²) < 4.78 is 0.784. The number of rotatable bonds is 4.